The molecule has 3 nitrogen and oxygen atoms in total. The van der Waals surface area contributed by atoms with Gasteiger partial charge in [-0.15, -0.1) is 0 Å². The van der Waals surface area contributed by atoms with Crippen LogP contribution in [0, 0.1) is 11.3 Å². The van der Waals surface area contributed by atoms with Crippen LogP contribution in [-0.4, -0.2) is 5.91 Å². The second-order valence-electron chi connectivity index (χ2n) is 5.85. The van der Waals surface area contributed by atoms with Gasteiger partial charge in [-0.05, 0) is 29.9 Å². The molecule has 1 saturated carbocycles. The number of rotatable bonds is 3. The Morgan fingerprint density at radius 2 is 2.17 bits per heavy atom. The number of hydrogen-bond acceptors (Lipinski definition) is 2. The van der Waals surface area contributed by atoms with E-state index in [-0.39, 0.29) is 17.2 Å². The summed E-state index contributed by atoms with van der Waals surface area (Å²) in [5.74, 6) is 0.309. The third-order valence-electron chi connectivity index (χ3n) is 4.08. The summed E-state index contributed by atoms with van der Waals surface area (Å²) in [6.07, 6.45) is 3.29. The fraction of sp³-hybridized carbons (Fsp3) is 0.533. The first-order valence-corrected chi connectivity index (χ1v) is 6.62. The standard InChI is InChI=1S/C15H22N2O/c1-15(2)9-5-7-12(15)14(18)17-10-11-6-3-4-8-13(11)16/h3-4,6,8,12H,5,7,9-10,16H2,1-2H3,(H,17,18). The Kier molecular flexibility index (Phi) is 3.60. The van der Waals surface area contributed by atoms with Gasteiger partial charge in [0.2, 0.25) is 5.91 Å². The van der Waals surface area contributed by atoms with Crippen molar-refractivity contribution in [3.8, 4) is 0 Å². The molecule has 2 rings (SSSR count). The van der Waals surface area contributed by atoms with Gasteiger partial charge >= 0.3 is 0 Å². The molecule has 1 amide bonds. The number of amides is 1. The second-order valence-corrected chi connectivity index (χ2v) is 5.85. The maximum atomic E-state index is 12.2. The molecular weight excluding hydrogens is 224 g/mol. The quantitative estimate of drug-likeness (QED) is 0.806. The molecule has 0 radical (unpaired) electrons. The molecular formula is C15H22N2O. The molecule has 1 aliphatic rings. The lowest BCUT2D eigenvalue weighted by molar-refractivity contribution is -0.127. The molecule has 3 N–H and O–H groups in total. The molecule has 0 aromatic heterocycles. The molecule has 98 valence electrons. The zero-order chi connectivity index (χ0) is 13.2. The van der Waals surface area contributed by atoms with E-state index in [1.165, 1.54) is 0 Å². The minimum Gasteiger partial charge on any atom is -0.398 e. The lowest BCUT2D eigenvalue weighted by Crippen LogP contribution is -2.35. The SMILES string of the molecule is CC1(C)CCCC1C(=O)NCc1ccccc1N. The van der Waals surface area contributed by atoms with Crippen LogP contribution in [0.3, 0.4) is 0 Å². The number of nitrogen functional groups attached to an aromatic ring is 1. The largest absolute Gasteiger partial charge is 0.398 e. The topological polar surface area (TPSA) is 55.1 Å². The monoisotopic (exact) mass is 246 g/mol. The Balaban J connectivity index is 1.95. The minimum atomic E-state index is 0.131. The van der Waals surface area contributed by atoms with Crippen LogP contribution in [0.5, 0.6) is 0 Å². The summed E-state index contributed by atoms with van der Waals surface area (Å²) < 4.78 is 0. The van der Waals surface area contributed by atoms with Crippen LogP contribution in [0.25, 0.3) is 0 Å². The second kappa shape index (κ2) is 5.01. The summed E-state index contributed by atoms with van der Waals surface area (Å²) in [6, 6.07) is 7.66. The Morgan fingerprint density at radius 3 is 2.78 bits per heavy atom. The van der Waals surface area contributed by atoms with E-state index in [0.29, 0.717) is 6.54 Å². The summed E-state index contributed by atoms with van der Waals surface area (Å²) >= 11 is 0. The van der Waals surface area contributed by atoms with Gasteiger partial charge in [0, 0.05) is 18.2 Å². The highest BCUT2D eigenvalue weighted by molar-refractivity contribution is 5.79. The smallest absolute Gasteiger partial charge is 0.223 e. The summed E-state index contributed by atoms with van der Waals surface area (Å²) in [7, 11) is 0. The fourth-order valence-electron chi connectivity index (χ4n) is 2.81. The fourth-order valence-corrected chi connectivity index (χ4v) is 2.81. The van der Waals surface area contributed by atoms with Crippen molar-refractivity contribution in [1.82, 2.24) is 5.32 Å². The molecule has 1 aliphatic carbocycles. The molecule has 1 fully saturated rings. The van der Waals surface area contributed by atoms with Crippen molar-refractivity contribution in [2.24, 2.45) is 11.3 Å². The highest BCUT2D eigenvalue weighted by Crippen LogP contribution is 2.42. The molecule has 1 unspecified atom stereocenters. The van der Waals surface area contributed by atoms with Gasteiger partial charge in [-0.2, -0.15) is 0 Å². The van der Waals surface area contributed by atoms with Crippen LogP contribution < -0.4 is 11.1 Å². The average Bonchev–Trinajstić information content (AvgIpc) is 2.67. The minimum absolute atomic E-state index is 0.131. The molecule has 1 atom stereocenters. The number of carbonyl (C=O) groups excluding carboxylic acids is 1. The van der Waals surface area contributed by atoms with Crippen LogP contribution in [-0.2, 0) is 11.3 Å². The van der Waals surface area contributed by atoms with Crippen molar-refractivity contribution in [3.05, 3.63) is 29.8 Å². The highest BCUT2D eigenvalue weighted by Gasteiger charge is 2.38. The maximum absolute atomic E-state index is 12.2. The Labute approximate surface area is 109 Å². The lowest BCUT2D eigenvalue weighted by Gasteiger charge is -2.26. The Bertz CT molecular complexity index is 440. The van der Waals surface area contributed by atoms with Crippen LogP contribution in [0.15, 0.2) is 24.3 Å². The first kappa shape index (κ1) is 12.9. The summed E-state index contributed by atoms with van der Waals surface area (Å²) in [5, 5.41) is 3.02. The number of para-hydroxylation sites is 1. The number of carbonyl (C=O) groups is 1. The van der Waals surface area contributed by atoms with E-state index in [9.17, 15) is 4.79 Å². The van der Waals surface area contributed by atoms with Crippen molar-refractivity contribution >= 4 is 11.6 Å². The number of nitrogens with two attached hydrogens (primary N) is 1. The third kappa shape index (κ3) is 2.66. The Morgan fingerprint density at radius 1 is 1.44 bits per heavy atom. The number of anilines is 1. The van der Waals surface area contributed by atoms with Gasteiger partial charge in [-0.1, -0.05) is 38.5 Å². The molecule has 1 aromatic rings. The van der Waals surface area contributed by atoms with Gasteiger partial charge in [0.25, 0.3) is 0 Å². The highest BCUT2D eigenvalue weighted by atomic mass is 16.1. The van der Waals surface area contributed by atoms with Gasteiger partial charge in [0.05, 0.1) is 0 Å². The van der Waals surface area contributed by atoms with E-state index in [1.807, 2.05) is 24.3 Å². The van der Waals surface area contributed by atoms with Crippen molar-refractivity contribution in [1.29, 1.82) is 0 Å². The van der Waals surface area contributed by atoms with Crippen LogP contribution in [0.2, 0.25) is 0 Å². The van der Waals surface area contributed by atoms with E-state index >= 15 is 0 Å². The van der Waals surface area contributed by atoms with Crippen molar-refractivity contribution in [3.63, 3.8) is 0 Å². The normalized spacial score (nSPS) is 21.8. The van der Waals surface area contributed by atoms with Crippen molar-refractivity contribution in [2.45, 2.75) is 39.7 Å². The summed E-state index contributed by atoms with van der Waals surface area (Å²) in [5.41, 5.74) is 7.72. The molecule has 0 heterocycles. The first-order valence-electron chi connectivity index (χ1n) is 6.62. The van der Waals surface area contributed by atoms with Crippen molar-refractivity contribution in [2.75, 3.05) is 5.73 Å². The van der Waals surface area contributed by atoms with Crippen molar-refractivity contribution < 1.29 is 4.79 Å². The van der Waals surface area contributed by atoms with Crippen LogP contribution in [0.4, 0.5) is 5.69 Å². The molecule has 0 spiro atoms. The van der Waals surface area contributed by atoms with Crippen LogP contribution in [0.1, 0.15) is 38.7 Å². The molecule has 0 saturated heterocycles. The third-order valence-corrected chi connectivity index (χ3v) is 4.08. The molecule has 0 bridgehead atoms. The predicted molar refractivity (Wildman–Crippen MR) is 73.8 cm³/mol. The molecule has 18 heavy (non-hydrogen) atoms. The van der Waals surface area contributed by atoms with Gasteiger partial charge in [0.15, 0.2) is 0 Å². The summed E-state index contributed by atoms with van der Waals surface area (Å²) in [6.45, 7) is 4.89. The number of nitrogens with one attached hydrogen (secondary N) is 1. The maximum Gasteiger partial charge on any atom is 0.223 e. The first-order chi connectivity index (χ1) is 8.50. The van der Waals surface area contributed by atoms with Crippen LogP contribution >= 0.6 is 0 Å². The zero-order valence-electron chi connectivity index (χ0n) is 11.2. The predicted octanol–water partition coefficient (Wildman–Crippen LogP) is 2.71. The summed E-state index contributed by atoms with van der Waals surface area (Å²) in [4.78, 5) is 12.2. The zero-order valence-corrected chi connectivity index (χ0v) is 11.2. The van der Waals surface area contributed by atoms with E-state index in [0.717, 1.165) is 30.5 Å². The molecule has 3 heteroatoms. The van der Waals surface area contributed by atoms with Gasteiger partial charge in [-0.3, -0.25) is 4.79 Å². The van der Waals surface area contributed by atoms with E-state index in [4.69, 9.17) is 5.73 Å². The van der Waals surface area contributed by atoms with Gasteiger partial charge in [-0.25, -0.2) is 0 Å². The lowest BCUT2D eigenvalue weighted by atomic mass is 9.81. The molecule has 0 aliphatic heterocycles. The number of benzene rings is 1. The average molecular weight is 246 g/mol. The van der Waals surface area contributed by atoms with E-state index < -0.39 is 0 Å². The number of hydrogen-bond donors (Lipinski definition) is 2. The van der Waals surface area contributed by atoms with Gasteiger partial charge in [0.1, 0.15) is 0 Å². The van der Waals surface area contributed by atoms with E-state index in [1.54, 1.807) is 0 Å². The van der Waals surface area contributed by atoms with Gasteiger partial charge < -0.3 is 11.1 Å². The Hall–Kier alpha value is -1.51. The van der Waals surface area contributed by atoms with E-state index in [2.05, 4.69) is 19.2 Å². The molecule has 1 aromatic carbocycles.